The summed E-state index contributed by atoms with van der Waals surface area (Å²) in [4.78, 5) is 25.6. The van der Waals surface area contributed by atoms with Gasteiger partial charge in [-0.05, 0) is 64.4 Å². The maximum Gasteiger partial charge on any atom is 0.356 e. The molecule has 0 radical (unpaired) electrons. The van der Waals surface area contributed by atoms with Gasteiger partial charge in [0.1, 0.15) is 18.6 Å². The van der Waals surface area contributed by atoms with Crippen molar-refractivity contribution >= 4 is 19.2 Å². The van der Waals surface area contributed by atoms with Crippen LogP contribution in [0, 0.1) is 28.6 Å². The molecular weight excluding hydrogens is 483 g/mol. The van der Waals surface area contributed by atoms with Crippen LogP contribution in [0.15, 0.2) is 23.3 Å². The molecule has 2 fully saturated rings. The summed E-state index contributed by atoms with van der Waals surface area (Å²) in [5.41, 5.74) is -0.315. The number of aliphatic hydroxyl groups excluding tert-OH is 2. The molecule has 36 heavy (non-hydrogen) atoms. The lowest BCUT2D eigenvalue weighted by atomic mass is 9.46. The maximum atomic E-state index is 13.4. The van der Waals surface area contributed by atoms with Gasteiger partial charge < -0.3 is 24.0 Å². The van der Waals surface area contributed by atoms with Gasteiger partial charge in [-0.3, -0.25) is 14.2 Å². The highest BCUT2D eigenvalue weighted by Gasteiger charge is 2.69. The quantitative estimate of drug-likeness (QED) is 0.340. The minimum atomic E-state index is -3.60. The average molecular weight is 525 g/mol. The zero-order chi connectivity index (χ0) is 26.5. The largest absolute Gasteiger partial charge is 0.393 e. The van der Waals surface area contributed by atoms with Gasteiger partial charge in [0, 0.05) is 23.2 Å². The Morgan fingerprint density at radius 2 is 1.89 bits per heavy atom. The molecule has 0 saturated heterocycles. The number of aliphatic hydroxyl groups is 2. The van der Waals surface area contributed by atoms with E-state index in [0.29, 0.717) is 25.7 Å². The standard InChI is InChI=1S/C27H41O8P/c1-6-34-36(32,35-7-2)16-33-27(23(31)15-28)11-9-20-19-12-17(3)21-13-18(29)8-10-25(21,4)24(19)22(30)14-26(20,27)5/h8,10,19-20,22,24,28,30H,6-7,9,11-16H2,1-5H3/t19-,20-,22-,24+,25-,26-,27-/m0/s1. The summed E-state index contributed by atoms with van der Waals surface area (Å²) >= 11 is 0. The summed E-state index contributed by atoms with van der Waals surface area (Å²) in [6, 6.07) is 0. The summed E-state index contributed by atoms with van der Waals surface area (Å²) in [5.74, 6) is -0.343. The van der Waals surface area contributed by atoms with E-state index >= 15 is 0 Å². The van der Waals surface area contributed by atoms with Crippen LogP contribution >= 0.6 is 7.60 Å². The molecule has 2 saturated carbocycles. The van der Waals surface area contributed by atoms with Crippen molar-refractivity contribution in [2.45, 2.75) is 78.4 Å². The molecule has 4 aliphatic rings. The highest BCUT2D eigenvalue weighted by atomic mass is 31.2. The minimum Gasteiger partial charge on any atom is -0.393 e. The number of carbonyl (C=O) groups excluding carboxylic acids is 2. The number of hydrogen-bond donors (Lipinski definition) is 2. The Kier molecular flexibility index (Phi) is 7.64. The van der Waals surface area contributed by atoms with Gasteiger partial charge in [0.05, 0.1) is 19.3 Å². The van der Waals surface area contributed by atoms with Crippen molar-refractivity contribution in [2.24, 2.45) is 28.6 Å². The Hall–Kier alpha value is -1.15. The van der Waals surface area contributed by atoms with Gasteiger partial charge in [0.2, 0.25) is 0 Å². The van der Waals surface area contributed by atoms with Crippen LogP contribution < -0.4 is 0 Å². The van der Waals surface area contributed by atoms with Gasteiger partial charge >= 0.3 is 7.60 Å². The zero-order valence-corrected chi connectivity index (χ0v) is 23.0. The second-order valence-corrected chi connectivity index (χ2v) is 13.4. The van der Waals surface area contributed by atoms with Crippen molar-refractivity contribution < 1.29 is 38.2 Å². The lowest BCUT2D eigenvalue weighted by Gasteiger charge is -2.60. The predicted molar refractivity (Wildman–Crippen MR) is 134 cm³/mol. The Morgan fingerprint density at radius 1 is 1.22 bits per heavy atom. The first-order valence-corrected chi connectivity index (χ1v) is 14.9. The van der Waals surface area contributed by atoms with Crippen molar-refractivity contribution in [3.8, 4) is 0 Å². The Labute approximate surface area is 214 Å². The molecule has 0 spiro atoms. The Balaban J connectivity index is 1.73. The Bertz CT molecular complexity index is 1010. The number of hydrogen-bond acceptors (Lipinski definition) is 8. The first-order valence-electron chi connectivity index (χ1n) is 13.2. The van der Waals surface area contributed by atoms with Gasteiger partial charge in [0.15, 0.2) is 11.6 Å². The topological polar surface area (TPSA) is 119 Å². The van der Waals surface area contributed by atoms with E-state index in [4.69, 9.17) is 13.8 Å². The van der Waals surface area contributed by atoms with Crippen molar-refractivity contribution in [1.82, 2.24) is 0 Å². The van der Waals surface area contributed by atoms with Crippen LogP contribution in [0.3, 0.4) is 0 Å². The number of allylic oxidation sites excluding steroid dienone is 4. The average Bonchev–Trinajstić information content (AvgIpc) is 3.11. The third-order valence-corrected chi connectivity index (χ3v) is 11.4. The molecule has 0 aromatic carbocycles. The van der Waals surface area contributed by atoms with Gasteiger partial charge in [-0.25, -0.2) is 0 Å². The number of fused-ring (bicyclic) bond motifs is 5. The van der Waals surface area contributed by atoms with Gasteiger partial charge in [-0.15, -0.1) is 0 Å². The molecule has 4 aliphatic carbocycles. The van der Waals surface area contributed by atoms with E-state index in [9.17, 15) is 24.4 Å². The van der Waals surface area contributed by atoms with E-state index in [0.717, 1.165) is 12.0 Å². The summed E-state index contributed by atoms with van der Waals surface area (Å²) in [6.07, 6.45) is 4.98. The van der Waals surface area contributed by atoms with E-state index in [1.165, 1.54) is 5.57 Å². The number of ether oxygens (including phenoxy) is 1. The van der Waals surface area contributed by atoms with E-state index in [-0.39, 0.29) is 36.8 Å². The van der Waals surface area contributed by atoms with Crippen LogP contribution in [0.4, 0.5) is 0 Å². The molecule has 7 atom stereocenters. The third kappa shape index (κ3) is 4.13. The van der Waals surface area contributed by atoms with E-state index < -0.39 is 48.9 Å². The van der Waals surface area contributed by atoms with Gasteiger partial charge in [-0.1, -0.05) is 31.1 Å². The second kappa shape index (κ2) is 9.87. The predicted octanol–water partition coefficient (Wildman–Crippen LogP) is 4.20. The van der Waals surface area contributed by atoms with Crippen LogP contribution in [0.1, 0.15) is 66.7 Å². The summed E-state index contributed by atoms with van der Waals surface area (Å²) < 4.78 is 30.3. The van der Waals surface area contributed by atoms with Crippen molar-refractivity contribution in [1.29, 1.82) is 0 Å². The van der Waals surface area contributed by atoms with Gasteiger partial charge in [-0.2, -0.15) is 0 Å². The summed E-state index contributed by atoms with van der Waals surface area (Å²) in [5, 5.41) is 21.7. The van der Waals surface area contributed by atoms with Crippen molar-refractivity contribution in [3.05, 3.63) is 23.3 Å². The normalized spacial score (nSPS) is 40.1. The van der Waals surface area contributed by atoms with E-state index in [1.807, 2.05) is 13.0 Å². The van der Waals surface area contributed by atoms with E-state index in [1.54, 1.807) is 19.9 Å². The van der Waals surface area contributed by atoms with E-state index in [2.05, 4.69) is 13.8 Å². The van der Waals surface area contributed by atoms with Crippen LogP contribution in [0.5, 0.6) is 0 Å². The zero-order valence-electron chi connectivity index (χ0n) is 22.1. The number of Topliss-reactive ketones (excluding diaryl/α,β-unsaturated/α-hetero) is 1. The fourth-order valence-corrected chi connectivity index (χ4v) is 9.65. The monoisotopic (exact) mass is 524 g/mol. The molecule has 0 bridgehead atoms. The summed E-state index contributed by atoms with van der Waals surface area (Å²) in [7, 11) is -3.60. The molecule has 8 nitrogen and oxygen atoms in total. The number of ketones is 2. The highest BCUT2D eigenvalue weighted by Crippen LogP contribution is 2.68. The smallest absolute Gasteiger partial charge is 0.356 e. The molecule has 0 unspecified atom stereocenters. The highest BCUT2D eigenvalue weighted by molar-refractivity contribution is 7.53. The molecule has 0 aromatic heterocycles. The fourth-order valence-electron chi connectivity index (χ4n) is 8.26. The molecule has 0 amide bonds. The molecule has 0 heterocycles. The number of rotatable bonds is 9. The molecule has 0 aromatic rings. The van der Waals surface area contributed by atoms with Crippen LogP contribution in [0.25, 0.3) is 0 Å². The first kappa shape index (κ1) is 27.9. The molecule has 2 N–H and O–H groups in total. The van der Waals surface area contributed by atoms with Crippen LogP contribution in [0.2, 0.25) is 0 Å². The molecular formula is C27H41O8P. The molecule has 0 aliphatic heterocycles. The van der Waals surface area contributed by atoms with Crippen molar-refractivity contribution in [2.75, 3.05) is 26.2 Å². The van der Waals surface area contributed by atoms with Crippen molar-refractivity contribution in [3.63, 3.8) is 0 Å². The second-order valence-electron chi connectivity index (χ2n) is 11.4. The SMILES string of the molecule is CCOP(=O)(CO[C@]1(C(=O)CO)CC[C@H]2[C@@H]3CC(C)=C4CC(=O)C=C[C@]4(C)[C@H]3[C@@H](O)C[C@@]21C)OCC. The molecule has 202 valence electrons. The molecule has 9 heteroatoms. The minimum absolute atomic E-state index is 0.0410. The lowest BCUT2D eigenvalue weighted by Crippen LogP contribution is -2.62. The first-order chi connectivity index (χ1) is 16.9. The van der Waals surface area contributed by atoms with Gasteiger partial charge in [0.25, 0.3) is 0 Å². The van der Waals surface area contributed by atoms with Crippen LogP contribution in [-0.2, 0) is 27.9 Å². The lowest BCUT2D eigenvalue weighted by molar-refractivity contribution is -0.188. The third-order valence-electron chi connectivity index (χ3n) is 9.66. The fraction of sp³-hybridized carbons (Fsp3) is 0.778. The van der Waals surface area contributed by atoms with Crippen LogP contribution in [-0.4, -0.2) is 59.7 Å². The molecule has 4 rings (SSSR count). The summed E-state index contributed by atoms with van der Waals surface area (Å²) in [6.45, 7) is 9.24. The maximum absolute atomic E-state index is 13.4. The number of carbonyl (C=O) groups is 2. The Morgan fingerprint density at radius 3 is 2.50 bits per heavy atom.